The van der Waals surface area contributed by atoms with E-state index in [1.54, 1.807) is 55.7 Å². The Bertz CT molecular complexity index is 3210. The van der Waals surface area contributed by atoms with E-state index in [2.05, 4.69) is 10.2 Å². The van der Waals surface area contributed by atoms with Crippen molar-refractivity contribution < 1.29 is 43.0 Å². The monoisotopic (exact) mass is 976 g/mol. The van der Waals surface area contributed by atoms with Crippen LogP contribution in [0.3, 0.4) is 0 Å². The van der Waals surface area contributed by atoms with Crippen molar-refractivity contribution in [2.45, 2.75) is 65.7 Å². The van der Waals surface area contributed by atoms with Crippen molar-refractivity contribution >= 4 is 58.2 Å². The molecular weight excluding hydrogens is 921 g/mol. The molecule has 372 valence electrons. The van der Waals surface area contributed by atoms with Gasteiger partial charge in [0.1, 0.15) is 17.1 Å². The normalized spacial score (nSPS) is 15.4. The second kappa shape index (κ2) is 19.7. The number of hydrogen-bond acceptors (Lipinski definition) is 11. The van der Waals surface area contributed by atoms with E-state index in [0.29, 0.717) is 109 Å². The van der Waals surface area contributed by atoms with Gasteiger partial charge in [-0.25, -0.2) is 9.36 Å². The summed E-state index contributed by atoms with van der Waals surface area (Å²) in [6.45, 7) is 8.06. The molecule has 72 heavy (non-hydrogen) atoms. The van der Waals surface area contributed by atoms with Crippen LogP contribution in [0.4, 0.5) is 22.7 Å². The molecule has 6 aromatic rings. The number of carbonyl (C=O) groups excluding carboxylic acids is 6. The number of nitrogens with two attached hydrogens (primary N) is 2. The average molecular weight is 977 g/mol. The molecule has 4 aliphatic rings. The SMILES string of the molecule is CCc1cc(OC)ccc1-n1nc(C(N)=O)c2c1C(=O)N(c1ccc(N3CCCC3=O)c(C)c1)CC2.COc1ccc(-n2nc(C(N)=O)c3c2C(=O)N(c2ccc(N4CCCC4=O)c(C)c2)CC3)cc1OC. The first-order valence-electron chi connectivity index (χ1n) is 23.9. The molecule has 6 amide bonds. The minimum Gasteiger partial charge on any atom is -0.497 e. The fourth-order valence-electron chi connectivity index (χ4n) is 10.1. The Kier molecular flexibility index (Phi) is 13.3. The van der Waals surface area contributed by atoms with Crippen LogP contribution < -0.4 is 45.3 Å². The average Bonchev–Trinajstić information content (AvgIpc) is 4.19. The van der Waals surface area contributed by atoms with Crippen LogP contribution in [0.5, 0.6) is 17.2 Å². The first-order valence-corrected chi connectivity index (χ1v) is 23.9. The predicted molar refractivity (Wildman–Crippen MR) is 269 cm³/mol. The van der Waals surface area contributed by atoms with Crippen LogP contribution in [0.15, 0.2) is 72.8 Å². The van der Waals surface area contributed by atoms with Crippen LogP contribution >= 0.6 is 0 Å². The molecule has 19 nitrogen and oxygen atoms in total. The number of hydrogen-bond donors (Lipinski definition) is 2. The Morgan fingerprint density at radius 2 is 1.03 bits per heavy atom. The van der Waals surface area contributed by atoms with Crippen molar-refractivity contribution in [3.05, 3.63) is 123 Å². The molecule has 10 rings (SSSR count). The molecule has 0 aliphatic carbocycles. The summed E-state index contributed by atoms with van der Waals surface area (Å²) in [6.07, 6.45) is 4.35. The van der Waals surface area contributed by atoms with Crippen molar-refractivity contribution in [3.63, 3.8) is 0 Å². The van der Waals surface area contributed by atoms with Gasteiger partial charge in [-0.2, -0.15) is 10.2 Å². The van der Waals surface area contributed by atoms with E-state index in [9.17, 15) is 28.8 Å². The maximum atomic E-state index is 13.9. The third kappa shape index (κ3) is 8.64. The highest BCUT2D eigenvalue weighted by Gasteiger charge is 2.37. The summed E-state index contributed by atoms with van der Waals surface area (Å²) in [5, 5.41) is 8.92. The number of fused-ring (bicyclic) bond motifs is 2. The van der Waals surface area contributed by atoms with E-state index < -0.39 is 11.8 Å². The zero-order chi connectivity index (χ0) is 51.1. The third-order valence-electron chi connectivity index (χ3n) is 13.7. The molecule has 19 heteroatoms. The van der Waals surface area contributed by atoms with Crippen molar-refractivity contribution in [1.29, 1.82) is 0 Å². The maximum Gasteiger partial charge on any atom is 0.277 e. The van der Waals surface area contributed by atoms with Crippen LogP contribution in [0.2, 0.25) is 0 Å². The van der Waals surface area contributed by atoms with Crippen LogP contribution in [0, 0.1) is 13.8 Å². The molecule has 0 saturated carbocycles. The van der Waals surface area contributed by atoms with Crippen molar-refractivity contribution in [2.75, 3.05) is 67.1 Å². The van der Waals surface area contributed by atoms with Gasteiger partial charge in [0.2, 0.25) is 11.8 Å². The smallest absolute Gasteiger partial charge is 0.277 e. The van der Waals surface area contributed by atoms with Gasteiger partial charge in [0.05, 0.1) is 32.7 Å². The molecule has 6 heterocycles. The number of amides is 6. The van der Waals surface area contributed by atoms with Crippen molar-refractivity contribution in [2.24, 2.45) is 11.5 Å². The zero-order valence-corrected chi connectivity index (χ0v) is 41.1. The summed E-state index contributed by atoms with van der Waals surface area (Å²) in [4.78, 5) is 83.5. The van der Waals surface area contributed by atoms with E-state index in [4.69, 9.17) is 25.7 Å². The predicted octanol–water partition coefficient (Wildman–Crippen LogP) is 5.81. The summed E-state index contributed by atoms with van der Waals surface area (Å²) in [7, 11) is 4.65. The molecule has 4 N–H and O–H groups in total. The second-order valence-corrected chi connectivity index (χ2v) is 17.9. The van der Waals surface area contributed by atoms with E-state index in [0.717, 1.165) is 46.6 Å². The number of methoxy groups -OCH3 is 3. The van der Waals surface area contributed by atoms with Gasteiger partial charge < -0.3 is 45.3 Å². The minimum absolute atomic E-state index is 0.0758. The molecule has 0 bridgehead atoms. The van der Waals surface area contributed by atoms with Crippen LogP contribution in [-0.4, -0.2) is 103 Å². The molecular formula is C53H56N10O9. The molecule has 0 spiro atoms. The molecule has 0 atom stereocenters. The summed E-state index contributed by atoms with van der Waals surface area (Å²) < 4.78 is 19.1. The molecule has 4 aromatic carbocycles. The summed E-state index contributed by atoms with van der Waals surface area (Å²) >= 11 is 0. The number of aromatic nitrogens is 4. The highest BCUT2D eigenvalue weighted by Crippen LogP contribution is 2.37. The maximum absolute atomic E-state index is 13.9. The third-order valence-corrected chi connectivity index (χ3v) is 13.7. The Morgan fingerprint density at radius 1 is 0.542 bits per heavy atom. The lowest BCUT2D eigenvalue weighted by Gasteiger charge is -2.29. The Balaban J connectivity index is 0.000000178. The van der Waals surface area contributed by atoms with Crippen molar-refractivity contribution in [1.82, 2.24) is 19.6 Å². The number of nitrogens with zero attached hydrogens (tertiary/aromatic N) is 8. The van der Waals surface area contributed by atoms with Gasteiger partial charge in [0.15, 0.2) is 22.9 Å². The number of carbonyl (C=O) groups is 6. The van der Waals surface area contributed by atoms with Gasteiger partial charge in [-0.15, -0.1) is 0 Å². The van der Waals surface area contributed by atoms with Crippen molar-refractivity contribution in [3.8, 4) is 28.6 Å². The summed E-state index contributed by atoms with van der Waals surface area (Å²) in [6, 6.07) is 22.0. The van der Waals surface area contributed by atoms with Gasteiger partial charge in [-0.1, -0.05) is 6.92 Å². The number of ether oxygens (including phenoxy) is 3. The highest BCUT2D eigenvalue weighted by molar-refractivity contribution is 6.11. The van der Waals surface area contributed by atoms with E-state index in [1.807, 2.05) is 69.3 Å². The number of benzene rings is 4. The molecule has 2 saturated heterocycles. The van der Waals surface area contributed by atoms with Crippen LogP contribution in [0.1, 0.15) is 102 Å². The summed E-state index contributed by atoms with van der Waals surface area (Å²) in [5.41, 5.74) is 20.3. The second-order valence-electron chi connectivity index (χ2n) is 17.9. The number of anilines is 4. The minimum atomic E-state index is -0.692. The lowest BCUT2D eigenvalue weighted by molar-refractivity contribution is -0.117. The fraction of sp³-hybridized carbons (Fsp3) is 0.321. The lowest BCUT2D eigenvalue weighted by atomic mass is 10.0. The first-order chi connectivity index (χ1) is 34.7. The number of rotatable bonds is 12. The highest BCUT2D eigenvalue weighted by atomic mass is 16.5. The van der Waals surface area contributed by atoms with E-state index in [-0.39, 0.29) is 40.7 Å². The Labute approximate surface area is 415 Å². The van der Waals surface area contributed by atoms with E-state index >= 15 is 0 Å². The van der Waals surface area contributed by atoms with E-state index in [1.165, 1.54) is 18.9 Å². The van der Waals surface area contributed by atoms with Gasteiger partial charge in [0.25, 0.3) is 23.6 Å². The van der Waals surface area contributed by atoms with Crippen LogP contribution in [-0.2, 0) is 28.9 Å². The lowest BCUT2D eigenvalue weighted by Crippen LogP contribution is -2.39. The number of primary amides is 2. The van der Waals surface area contributed by atoms with Gasteiger partial charge in [0, 0.05) is 79.0 Å². The quantitative estimate of drug-likeness (QED) is 0.149. The fourth-order valence-corrected chi connectivity index (χ4v) is 10.1. The van der Waals surface area contributed by atoms with Crippen LogP contribution in [0.25, 0.3) is 11.4 Å². The molecule has 2 fully saturated rings. The topological polar surface area (TPSA) is 231 Å². The summed E-state index contributed by atoms with van der Waals surface area (Å²) in [5.74, 6) is 0.0252. The largest absolute Gasteiger partial charge is 0.497 e. The Morgan fingerprint density at radius 3 is 1.47 bits per heavy atom. The Hall–Kier alpha value is -8.48. The molecule has 0 radical (unpaired) electrons. The standard InChI is InChI=1S/C27H29N5O4.C26H27N5O5/c1-4-17-15-19(36-3)8-10-22(17)32-25-20(24(29-32)26(28)34)11-13-30(27(25)35)18-7-9-21(16(2)14-18)31-12-5-6-23(31)33;1-15-13-16(6-8-19(15)30-11-4-5-22(30)32)29-12-10-18-23(25(27)33)28-31(24(18)26(29)34)17-7-9-20(35-2)21(14-17)36-3/h7-10,14-15H,4-6,11-13H2,1-3H3,(H2,28,34);6-9,13-14H,4-5,10-12H2,1-3H3,(H2,27,33). The number of aryl methyl sites for hydroxylation is 3. The molecule has 4 aliphatic heterocycles. The molecule has 2 aromatic heterocycles. The molecule has 0 unspecified atom stereocenters. The van der Waals surface area contributed by atoms with Gasteiger partial charge in [-0.05, 0) is 129 Å². The van der Waals surface area contributed by atoms with Gasteiger partial charge in [-0.3, -0.25) is 28.8 Å². The first kappa shape index (κ1) is 48.5. The van der Waals surface area contributed by atoms with Gasteiger partial charge >= 0.3 is 0 Å². The zero-order valence-electron chi connectivity index (χ0n) is 41.1.